The van der Waals surface area contributed by atoms with E-state index in [0.29, 0.717) is 12.6 Å². The van der Waals surface area contributed by atoms with Gasteiger partial charge in [0.1, 0.15) is 0 Å². The first kappa shape index (κ1) is 13.5. The van der Waals surface area contributed by atoms with Crippen molar-refractivity contribution in [2.45, 2.75) is 45.2 Å². The van der Waals surface area contributed by atoms with E-state index in [-0.39, 0.29) is 11.4 Å². The lowest BCUT2D eigenvalue weighted by atomic mass is 10.0. The van der Waals surface area contributed by atoms with Crippen molar-refractivity contribution in [2.75, 3.05) is 26.7 Å². The van der Waals surface area contributed by atoms with E-state index in [1.54, 1.807) is 0 Å². The molecule has 2 N–H and O–H groups in total. The van der Waals surface area contributed by atoms with E-state index >= 15 is 0 Å². The van der Waals surface area contributed by atoms with Gasteiger partial charge in [-0.05, 0) is 33.7 Å². The average molecular weight is 227 g/mol. The van der Waals surface area contributed by atoms with Gasteiger partial charge in [-0.1, -0.05) is 6.92 Å². The lowest BCUT2D eigenvalue weighted by Gasteiger charge is -2.24. The summed E-state index contributed by atoms with van der Waals surface area (Å²) in [5.41, 5.74) is 0.207. The number of carbonyl (C=O) groups is 1. The summed E-state index contributed by atoms with van der Waals surface area (Å²) in [7, 11) is 2.03. The number of nitrogens with one attached hydrogen (secondary N) is 2. The second kappa shape index (κ2) is 5.64. The number of likely N-dealkylation sites (N-methyl/N-ethyl adjacent to an activating group) is 1. The van der Waals surface area contributed by atoms with Crippen molar-refractivity contribution in [1.82, 2.24) is 15.5 Å². The minimum Gasteiger partial charge on any atom is -0.355 e. The molecule has 0 bridgehead atoms. The molecule has 16 heavy (non-hydrogen) atoms. The predicted octanol–water partition coefficient (Wildman–Crippen LogP) is 0.585. The van der Waals surface area contributed by atoms with Crippen LogP contribution < -0.4 is 10.6 Å². The molecular weight excluding hydrogens is 202 g/mol. The lowest BCUT2D eigenvalue weighted by molar-refractivity contribution is -0.122. The zero-order valence-corrected chi connectivity index (χ0v) is 11.0. The Morgan fingerprint density at radius 1 is 1.56 bits per heavy atom. The SMILES string of the molecule is CCCNC(=O)CN(C)C1CNC(C)(C)C1. The van der Waals surface area contributed by atoms with Crippen LogP contribution in [0.1, 0.15) is 33.6 Å². The highest BCUT2D eigenvalue weighted by atomic mass is 16.2. The molecule has 1 amide bonds. The Hall–Kier alpha value is -0.610. The van der Waals surface area contributed by atoms with Crippen molar-refractivity contribution in [1.29, 1.82) is 0 Å². The largest absolute Gasteiger partial charge is 0.355 e. The molecule has 1 aliphatic heterocycles. The summed E-state index contributed by atoms with van der Waals surface area (Å²) in [5.74, 6) is 0.133. The second-order valence-corrected chi connectivity index (χ2v) is 5.39. The van der Waals surface area contributed by atoms with Crippen LogP contribution in [0.3, 0.4) is 0 Å². The Bertz CT molecular complexity index is 240. The highest BCUT2D eigenvalue weighted by molar-refractivity contribution is 5.77. The van der Waals surface area contributed by atoms with Gasteiger partial charge in [-0.25, -0.2) is 0 Å². The van der Waals surface area contributed by atoms with Gasteiger partial charge in [-0.3, -0.25) is 9.69 Å². The van der Waals surface area contributed by atoms with Crippen LogP contribution in [0.2, 0.25) is 0 Å². The number of hydrogen-bond acceptors (Lipinski definition) is 3. The standard InChI is InChI=1S/C12H25N3O/c1-5-6-13-11(16)9-15(4)10-7-12(2,3)14-8-10/h10,14H,5-9H2,1-4H3,(H,13,16). The molecule has 1 saturated heterocycles. The average Bonchev–Trinajstić information content (AvgIpc) is 2.56. The molecule has 4 heteroatoms. The number of nitrogens with zero attached hydrogens (tertiary/aromatic N) is 1. The molecule has 1 rings (SSSR count). The van der Waals surface area contributed by atoms with Crippen molar-refractivity contribution in [3.63, 3.8) is 0 Å². The van der Waals surface area contributed by atoms with Gasteiger partial charge in [0.15, 0.2) is 0 Å². The van der Waals surface area contributed by atoms with Crippen LogP contribution >= 0.6 is 0 Å². The van der Waals surface area contributed by atoms with E-state index < -0.39 is 0 Å². The molecule has 1 unspecified atom stereocenters. The van der Waals surface area contributed by atoms with Gasteiger partial charge < -0.3 is 10.6 Å². The first-order chi connectivity index (χ1) is 7.44. The molecule has 1 heterocycles. The fourth-order valence-electron chi connectivity index (χ4n) is 2.12. The van der Waals surface area contributed by atoms with E-state index in [0.717, 1.165) is 25.9 Å². The van der Waals surface area contributed by atoms with Crippen molar-refractivity contribution in [3.05, 3.63) is 0 Å². The van der Waals surface area contributed by atoms with Gasteiger partial charge in [-0.15, -0.1) is 0 Å². The summed E-state index contributed by atoms with van der Waals surface area (Å²) in [5, 5.41) is 6.38. The van der Waals surface area contributed by atoms with Crippen molar-refractivity contribution < 1.29 is 4.79 Å². The molecule has 0 spiro atoms. The maximum Gasteiger partial charge on any atom is 0.234 e. The summed E-state index contributed by atoms with van der Waals surface area (Å²) in [4.78, 5) is 13.7. The Morgan fingerprint density at radius 2 is 2.25 bits per heavy atom. The molecule has 0 radical (unpaired) electrons. The molecule has 1 atom stereocenters. The molecule has 0 saturated carbocycles. The number of amides is 1. The van der Waals surface area contributed by atoms with Crippen LogP contribution in [0.5, 0.6) is 0 Å². The van der Waals surface area contributed by atoms with Gasteiger partial charge in [0.25, 0.3) is 0 Å². The first-order valence-corrected chi connectivity index (χ1v) is 6.16. The van der Waals surface area contributed by atoms with Crippen molar-refractivity contribution in [3.8, 4) is 0 Å². The van der Waals surface area contributed by atoms with Gasteiger partial charge in [0.2, 0.25) is 5.91 Å². The third-order valence-corrected chi connectivity index (χ3v) is 3.15. The van der Waals surface area contributed by atoms with Crippen LogP contribution in [0.15, 0.2) is 0 Å². The van der Waals surface area contributed by atoms with Crippen molar-refractivity contribution in [2.24, 2.45) is 0 Å². The van der Waals surface area contributed by atoms with Crippen LogP contribution in [0.25, 0.3) is 0 Å². The lowest BCUT2D eigenvalue weighted by Crippen LogP contribution is -2.41. The summed E-state index contributed by atoms with van der Waals surface area (Å²) in [6.45, 7) is 8.73. The third kappa shape index (κ3) is 4.10. The molecule has 0 aromatic heterocycles. The monoisotopic (exact) mass is 227 g/mol. The normalized spacial score (nSPS) is 23.7. The molecule has 0 aromatic rings. The Balaban J connectivity index is 2.30. The first-order valence-electron chi connectivity index (χ1n) is 6.16. The highest BCUT2D eigenvalue weighted by Gasteiger charge is 2.32. The van der Waals surface area contributed by atoms with E-state index in [1.165, 1.54) is 0 Å². The van der Waals surface area contributed by atoms with Crippen LogP contribution in [0, 0.1) is 0 Å². The highest BCUT2D eigenvalue weighted by Crippen LogP contribution is 2.20. The summed E-state index contributed by atoms with van der Waals surface area (Å²) < 4.78 is 0. The molecular formula is C12H25N3O. The van der Waals surface area contributed by atoms with Crippen LogP contribution in [-0.4, -0.2) is 49.1 Å². The Kier molecular flexibility index (Phi) is 4.74. The Morgan fingerprint density at radius 3 is 2.75 bits per heavy atom. The number of hydrogen-bond donors (Lipinski definition) is 2. The van der Waals surface area contributed by atoms with E-state index in [9.17, 15) is 4.79 Å². The summed E-state index contributed by atoms with van der Waals surface area (Å²) in [6.07, 6.45) is 2.10. The molecule has 4 nitrogen and oxygen atoms in total. The summed E-state index contributed by atoms with van der Waals surface area (Å²) >= 11 is 0. The molecule has 0 aliphatic carbocycles. The number of carbonyl (C=O) groups excluding carboxylic acids is 1. The van der Waals surface area contributed by atoms with Crippen molar-refractivity contribution >= 4 is 5.91 Å². The molecule has 94 valence electrons. The van der Waals surface area contributed by atoms with Gasteiger partial charge in [-0.2, -0.15) is 0 Å². The van der Waals surface area contributed by atoms with Crippen LogP contribution in [0.4, 0.5) is 0 Å². The topological polar surface area (TPSA) is 44.4 Å². The fourth-order valence-corrected chi connectivity index (χ4v) is 2.12. The quantitative estimate of drug-likeness (QED) is 0.722. The smallest absolute Gasteiger partial charge is 0.234 e. The zero-order chi connectivity index (χ0) is 12.2. The predicted molar refractivity (Wildman–Crippen MR) is 66.4 cm³/mol. The van der Waals surface area contributed by atoms with Gasteiger partial charge in [0, 0.05) is 24.7 Å². The van der Waals surface area contributed by atoms with Crippen LogP contribution in [-0.2, 0) is 4.79 Å². The summed E-state index contributed by atoms with van der Waals surface area (Å²) in [6, 6.07) is 0.474. The van der Waals surface area contributed by atoms with E-state index in [4.69, 9.17) is 0 Å². The molecule has 1 aliphatic rings. The molecule has 1 fully saturated rings. The van der Waals surface area contributed by atoms with E-state index in [2.05, 4.69) is 36.3 Å². The molecule has 0 aromatic carbocycles. The van der Waals surface area contributed by atoms with E-state index in [1.807, 2.05) is 7.05 Å². The Labute approximate surface area is 98.8 Å². The van der Waals surface area contributed by atoms with Gasteiger partial charge in [0.05, 0.1) is 6.54 Å². The maximum absolute atomic E-state index is 11.6. The minimum absolute atomic E-state index is 0.133. The third-order valence-electron chi connectivity index (χ3n) is 3.15. The minimum atomic E-state index is 0.133. The number of rotatable bonds is 5. The van der Waals surface area contributed by atoms with Gasteiger partial charge >= 0.3 is 0 Å². The zero-order valence-electron chi connectivity index (χ0n) is 11.0. The second-order valence-electron chi connectivity index (χ2n) is 5.39. The fraction of sp³-hybridized carbons (Fsp3) is 0.917. The maximum atomic E-state index is 11.6.